The Hall–Kier alpha value is -2.70. The molecule has 0 fully saturated rings. The minimum absolute atomic E-state index is 0.159. The van der Waals surface area contributed by atoms with E-state index in [0.29, 0.717) is 18.9 Å². The topological polar surface area (TPSA) is 76.1 Å². The Balaban J connectivity index is 1.62. The van der Waals surface area contributed by atoms with Crippen LogP contribution in [0, 0.1) is 13.8 Å². The summed E-state index contributed by atoms with van der Waals surface area (Å²) in [4.78, 5) is 8.88. The maximum atomic E-state index is 10.7. The van der Waals surface area contributed by atoms with Gasteiger partial charge in [0.1, 0.15) is 12.4 Å². The quantitative estimate of drug-likeness (QED) is 0.580. The van der Waals surface area contributed by atoms with Gasteiger partial charge in [0.25, 0.3) is 0 Å². The van der Waals surface area contributed by atoms with Crippen LogP contribution in [0.4, 0.5) is 0 Å². The van der Waals surface area contributed by atoms with Crippen LogP contribution in [0.3, 0.4) is 0 Å². The van der Waals surface area contributed by atoms with Crippen LogP contribution in [0.2, 0.25) is 0 Å². The van der Waals surface area contributed by atoms with E-state index in [0.717, 1.165) is 22.1 Å². The van der Waals surface area contributed by atoms with Crippen LogP contribution in [0.1, 0.15) is 17.0 Å². The number of hydrogen-bond acceptors (Lipinski definition) is 4. The maximum absolute atomic E-state index is 10.7. The fourth-order valence-electron chi connectivity index (χ4n) is 3.40. The molecule has 2 N–H and O–H groups in total. The minimum Gasteiger partial charge on any atom is -0.389 e. The summed E-state index contributed by atoms with van der Waals surface area (Å²) in [6, 6.07) is 11.9. The van der Waals surface area contributed by atoms with Crippen LogP contribution >= 0.6 is 0 Å². The van der Waals surface area contributed by atoms with Gasteiger partial charge in [0.15, 0.2) is 0 Å². The molecule has 0 aliphatic carbocycles. The molecule has 4 aromatic rings. The largest absolute Gasteiger partial charge is 0.389 e. The van der Waals surface area contributed by atoms with Gasteiger partial charge in [-0.05, 0) is 49.2 Å². The monoisotopic (exact) mass is 350 g/mol. The zero-order valence-electron chi connectivity index (χ0n) is 14.9. The molecule has 6 heteroatoms. The highest BCUT2D eigenvalue weighted by Crippen LogP contribution is 2.20. The molecular formula is C20H22N4O2. The SMILES string of the molecule is Cc1cc2ncn(CC(O)Cn3c(CO)nc4ccccc43)c2cc1C. The molecule has 1 unspecified atom stereocenters. The normalized spacial score (nSPS) is 12.9. The molecule has 1 atom stereocenters. The van der Waals surface area contributed by atoms with Crippen molar-refractivity contribution in [2.24, 2.45) is 0 Å². The maximum Gasteiger partial charge on any atom is 0.135 e. The van der Waals surface area contributed by atoms with Crippen molar-refractivity contribution < 1.29 is 10.2 Å². The molecule has 134 valence electrons. The molecule has 0 saturated heterocycles. The van der Waals surface area contributed by atoms with Crippen molar-refractivity contribution in [3.05, 3.63) is 59.7 Å². The van der Waals surface area contributed by atoms with E-state index in [2.05, 4.69) is 35.9 Å². The lowest BCUT2D eigenvalue weighted by Crippen LogP contribution is -2.23. The van der Waals surface area contributed by atoms with Crippen molar-refractivity contribution in [3.8, 4) is 0 Å². The number of benzene rings is 2. The first-order valence-corrected chi connectivity index (χ1v) is 8.72. The number of imidazole rings is 2. The van der Waals surface area contributed by atoms with Crippen LogP contribution in [-0.4, -0.2) is 35.4 Å². The number of aryl methyl sites for hydroxylation is 2. The van der Waals surface area contributed by atoms with Crippen molar-refractivity contribution in [1.82, 2.24) is 19.1 Å². The first-order chi connectivity index (χ1) is 12.6. The molecule has 0 aliphatic heterocycles. The molecule has 0 spiro atoms. The second-order valence-electron chi connectivity index (χ2n) is 6.76. The van der Waals surface area contributed by atoms with Gasteiger partial charge in [-0.25, -0.2) is 9.97 Å². The summed E-state index contributed by atoms with van der Waals surface area (Å²) in [5.41, 5.74) is 6.10. The van der Waals surface area contributed by atoms with E-state index < -0.39 is 6.10 Å². The van der Waals surface area contributed by atoms with Gasteiger partial charge in [-0.3, -0.25) is 0 Å². The number of aliphatic hydroxyl groups is 2. The molecule has 2 aromatic carbocycles. The molecule has 0 amide bonds. The van der Waals surface area contributed by atoms with Crippen LogP contribution in [0.15, 0.2) is 42.7 Å². The summed E-state index contributed by atoms with van der Waals surface area (Å²) in [7, 11) is 0. The average Bonchev–Trinajstić information content (AvgIpc) is 3.17. The highest BCUT2D eigenvalue weighted by molar-refractivity contribution is 5.77. The van der Waals surface area contributed by atoms with Gasteiger partial charge in [0.05, 0.1) is 47.6 Å². The van der Waals surface area contributed by atoms with E-state index in [-0.39, 0.29) is 6.61 Å². The highest BCUT2D eigenvalue weighted by Gasteiger charge is 2.15. The number of aliphatic hydroxyl groups excluding tert-OH is 2. The first-order valence-electron chi connectivity index (χ1n) is 8.72. The van der Waals surface area contributed by atoms with Crippen LogP contribution in [-0.2, 0) is 19.7 Å². The van der Waals surface area contributed by atoms with Gasteiger partial charge in [-0.2, -0.15) is 0 Å². The lowest BCUT2D eigenvalue weighted by molar-refractivity contribution is 0.133. The summed E-state index contributed by atoms with van der Waals surface area (Å²) >= 11 is 0. The van der Waals surface area contributed by atoms with Gasteiger partial charge in [-0.15, -0.1) is 0 Å². The number of rotatable bonds is 5. The fourth-order valence-corrected chi connectivity index (χ4v) is 3.40. The Morgan fingerprint density at radius 3 is 2.58 bits per heavy atom. The zero-order chi connectivity index (χ0) is 18.3. The summed E-state index contributed by atoms with van der Waals surface area (Å²) in [6.45, 7) is 4.78. The molecule has 4 rings (SSSR count). The summed E-state index contributed by atoms with van der Waals surface area (Å²) in [6.07, 6.45) is 1.14. The number of nitrogens with zero attached hydrogens (tertiary/aromatic N) is 4. The van der Waals surface area contributed by atoms with Crippen molar-refractivity contribution in [1.29, 1.82) is 0 Å². The summed E-state index contributed by atoms with van der Waals surface area (Å²) < 4.78 is 3.86. The smallest absolute Gasteiger partial charge is 0.135 e. The summed E-state index contributed by atoms with van der Waals surface area (Å²) in [5.74, 6) is 0.562. The van der Waals surface area contributed by atoms with Crippen molar-refractivity contribution in [3.63, 3.8) is 0 Å². The first kappa shape index (κ1) is 16.8. The minimum atomic E-state index is -0.628. The predicted molar refractivity (Wildman–Crippen MR) is 101 cm³/mol. The van der Waals surface area contributed by atoms with Gasteiger partial charge >= 0.3 is 0 Å². The van der Waals surface area contributed by atoms with Crippen molar-refractivity contribution in [2.45, 2.75) is 39.6 Å². The molecule has 2 aromatic heterocycles. The van der Waals surface area contributed by atoms with Crippen molar-refractivity contribution in [2.75, 3.05) is 0 Å². The molecule has 0 aliphatic rings. The average molecular weight is 350 g/mol. The molecule has 2 heterocycles. The number of para-hydroxylation sites is 2. The molecule has 0 radical (unpaired) electrons. The lowest BCUT2D eigenvalue weighted by atomic mass is 10.1. The van der Waals surface area contributed by atoms with Gasteiger partial charge in [-0.1, -0.05) is 12.1 Å². The third-order valence-corrected chi connectivity index (χ3v) is 4.91. The Labute approximate surface area is 151 Å². The predicted octanol–water partition coefficient (Wildman–Crippen LogP) is 2.56. The Bertz CT molecular complexity index is 1080. The number of fused-ring (bicyclic) bond motifs is 2. The lowest BCUT2D eigenvalue weighted by Gasteiger charge is -2.15. The van der Waals surface area contributed by atoms with Gasteiger partial charge in [0, 0.05) is 0 Å². The Morgan fingerprint density at radius 1 is 1.00 bits per heavy atom. The van der Waals surface area contributed by atoms with Crippen LogP contribution in [0.5, 0.6) is 0 Å². The second kappa shape index (κ2) is 6.55. The van der Waals surface area contributed by atoms with Gasteiger partial charge in [0.2, 0.25) is 0 Å². The number of hydrogen-bond donors (Lipinski definition) is 2. The highest BCUT2D eigenvalue weighted by atomic mass is 16.3. The Morgan fingerprint density at radius 2 is 1.77 bits per heavy atom. The zero-order valence-corrected chi connectivity index (χ0v) is 14.9. The van der Waals surface area contributed by atoms with E-state index in [4.69, 9.17) is 0 Å². The standard InChI is InChI=1S/C20H22N4O2/c1-13-7-17-19(8-14(13)2)23(12-21-17)9-15(26)10-24-18-6-4-3-5-16(18)22-20(24)11-25/h3-8,12,15,25-26H,9-11H2,1-2H3. The molecule has 0 saturated carbocycles. The van der Waals surface area contributed by atoms with E-state index in [1.807, 2.05) is 33.4 Å². The summed E-state index contributed by atoms with van der Waals surface area (Å²) in [5, 5.41) is 20.3. The third-order valence-electron chi connectivity index (χ3n) is 4.91. The van der Waals surface area contributed by atoms with Gasteiger partial charge < -0.3 is 19.3 Å². The van der Waals surface area contributed by atoms with Crippen LogP contribution < -0.4 is 0 Å². The number of aromatic nitrogens is 4. The third kappa shape index (κ3) is 2.87. The molecule has 0 bridgehead atoms. The fraction of sp³-hybridized carbons (Fsp3) is 0.300. The van der Waals surface area contributed by atoms with E-state index >= 15 is 0 Å². The van der Waals surface area contributed by atoms with Crippen LogP contribution in [0.25, 0.3) is 22.1 Å². The van der Waals surface area contributed by atoms with Crippen molar-refractivity contribution >= 4 is 22.1 Å². The second-order valence-corrected chi connectivity index (χ2v) is 6.76. The molecule has 26 heavy (non-hydrogen) atoms. The van der Waals surface area contributed by atoms with E-state index in [1.54, 1.807) is 6.33 Å². The van der Waals surface area contributed by atoms with E-state index in [9.17, 15) is 10.2 Å². The van der Waals surface area contributed by atoms with E-state index in [1.165, 1.54) is 11.1 Å². The molecule has 6 nitrogen and oxygen atoms in total. The Kier molecular flexibility index (Phi) is 4.22. The molecular weight excluding hydrogens is 328 g/mol.